The smallest absolute Gasteiger partial charge is 0.174 e. The topological polar surface area (TPSA) is 18.5 Å². The Balaban J connectivity index is 3.20. The molecule has 1 aromatic rings. The molecule has 1 aromatic carbocycles. The Morgan fingerprint density at radius 3 is 2.38 bits per heavy atom. The van der Waals surface area contributed by atoms with Gasteiger partial charge in [0.25, 0.3) is 0 Å². The Hall–Kier alpha value is -0.700. The lowest BCUT2D eigenvalue weighted by molar-refractivity contribution is 0.352. The van der Waals surface area contributed by atoms with Crippen LogP contribution in [0.4, 0.5) is 0 Å². The number of rotatable bonds is 3. The summed E-state index contributed by atoms with van der Waals surface area (Å²) in [5.41, 5.74) is 1.23. The molecule has 72 valence electrons. The predicted molar refractivity (Wildman–Crippen MR) is 56.6 cm³/mol. The van der Waals surface area contributed by atoms with E-state index in [1.165, 1.54) is 5.56 Å². The molecular weight excluding hydrogens is 232 g/mol. The monoisotopic (exact) mass is 244 g/mol. The highest BCUT2D eigenvalue weighted by Crippen LogP contribution is 2.36. The average Bonchev–Trinajstić information content (AvgIpc) is 2.16. The van der Waals surface area contributed by atoms with Gasteiger partial charge in [0.1, 0.15) is 0 Å². The molecule has 0 saturated heterocycles. The van der Waals surface area contributed by atoms with E-state index in [-0.39, 0.29) is 0 Å². The Morgan fingerprint density at radius 2 is 1.92 bits per heavy atom. The fourth-order valence-electron chi connectivity index (χ4n) is 1.18. The van der Waals surface area contributed by atoms with Crippen LogP contribution in [0.3, 0.4) is 0 Å². The lowest BCUT2D eigenvalue weighted by atomic mass is 10.1. The molecular formula is C10H13BrO2. The second kappa shape index (κ2) is 4.51. The SMILES string of the molecule is CCc1cc(Br)c(OC)c(OC)c1. The molecule has 0 bridgehead atoms. The standard InChI is InChI=1S/C10H13BrO2/c1-4-7-5-8(11)10(13-3)9(6-7)12-2/h5-6H,4H2,1-3H3. The highest BCUT2D eigenvalue weighted by molar-refractivity contribution is 9.10. The molecule has 0 aromatic heterocycles. The van der Waals surface area contributed by atoms with E-state index in [2.05, 4.69) is 22.9 Å². The van der Waals surface area contributed by atoms with Crippen molar-refractivity contribution in [2.75, 3.05) is 14.2 Å². The van der Waals surface area contributed by atoms with Crippen molar-refractivity contribution in [2.24, 2.45) is 0 Å². The Labute approximate surface area is 87.0 Å². The second-order valence-electron chi connectivity index (χ2n) is 2.67. The lowest BCUT2D eigenvalue weighted by Crippen LogP contribution is -1.93. The number of methoxy groups -OCH3 is 2. The quantitative estimate of drug-likeness (QED) is 0.814. The fraction of sp³-hybridized carbons (Fsp3) is 0.400. The van der Waals surface area contributed by atoms with Crippen LogP contribution in [-0.2, 0) is 6.42 Å². The van der Waals surface area contributed by atoms with Gasteiger partial charge in [-0.15, -0.1) is 0 Å². The van der Waals surface area contributed by atoms with Gasteiger partial charge in [0.15, 0.2) is 11.5 Å². The van der Waals surface area contributed by atoms with Gasteiger partial charge in [0, 0.05) is 0 Å². The molecule has 0 aliphatic rings. The van der Waals surface area contributed by atoms with Crippen molar-refractivity contribution in [1.82, 2.24) is 0 Å². The molecule has 0 amide bonds. The molecule has 0 saturated carbocycles. The van der Waals surface area contributed by atoms with E-state index in [1.54, 1.807) is 14.2 Å². The second-order valence-corrected chi connectivity index (χ2v) is 3.52. The normalized spacial score (nSPS) is 9.85. The first-order chi connectivity index (χ1) is 6.22. The number of ether oxygens (including phenoxy) is 2. The Morgan fingerprint density at radius 1 is 1.23 bits per heavy atom. The molecule has 0 spiro atoms. The predicted octanol–water partition coefficient (Wildman–Crippen LogP) is 3.03. The molecule has 0 atom stereocenters. The van der Waals surface area contributed by atoms with Crippen LogP contribution in [0, 0.1) is 0 Å². The van der Waals surface area contributed by atoms with Crippen LogP contribution >= 0.6 is 15.9 Å². The Kier molecular flexibility index (Phi) is 3.60. The molecule has 0 heterocycles. The van der Waals surface area contributed by atoms with E-state index in [4.69, 9.17) is 9.47 Å². The number of halogens is 1. The van der Waals surface area contributed by atoms with Crippen LogP contribution < -0.4 is 9.47 Å². The first kappa shape index (κ1) is 10.4. The van der Waals surface area contributed by atoms with Gasteiger partial charge in [-0.05, 0) is 40.0 Å². The van der Waals surface area contributed by atoms with Gasteiger partial charge in [0.05, 0.1) is 18.7 Å². The molecule has 0 aliphatic heterocycles. The molecule has 0 aliphatic carbocycles. The summed E-state index contributed by atoms with van der Waals surface area (Å²) in [5.74, 6) is 1.52. The summed E-state index contributed by atoms with van der Waals surface area (Å²) < 4.78 is 11.3. The van der Waals surface area contributed by atoms with E-state index < -0.39 is 0 Å². The minimum atomic E-state index is 0.750. The maximum atomic E-state index is 5.20. The molecule has 0 unspecified atom stereocenters. The number of benzene rings is 1. The average molecular weight is 245 g/mol. The van der Waals surface area contributed by atoms with Crippen molar-refractivity contribution in [3.05, 3.63) is 22.2 Å². The molecule has 13 heavy (non-hydrogen) atoms. The third-order valence-electron chi connectivity index (χ3n) is 1.90. The van der Waals surface area contributed by atoms with Crippen molar-refractivity contribution in [2.45, 2.75) is 13.3 Å². The summed E-state index contributed by atoms with van der Waals surface area (Å²) in [6, 6.07) is 4.03. The summed E-state index contributed by atoms with van der Waals surface area (Å²) in [7, 11) is 3.28. The summed E-state index contributed by atoms with van der Waals surface area (Å²) >= 11 is 3.43. The maximum absolute atomic E-state index is 5.20. The summed E-state index contributed by atoms with van der Waals surface area (Å²) in [4.78, 5) is 0. The Bertz CT molecular complexity index is 297. The zero-order chi connectivity index (χ0) is 9.84. The van der Waals surface area contributed by atoms with Crippen LogP contribution in [0.15, 0.2) is 16.6 Å². The van der Waals surface area contributed by atoms with Gasteiger partial charge in [-0.3, -0.25) is 0 Å². The van der Waals surface area contributed by atoms with Gasteiger partial charge >= 0.3 is 0 Å². The minimum absolute atomic E-state index is 0.750. The van der Waals surface area contributed by atoms with Crippen molar-refractivity contribution < 1.29 is 9.47 Å². The summed E-state index contributed by atoms with van der Waals surface area (Å²) in [6.45, 7) is 2.10. The van der Waals surface area contributed by atoms with Crippen LogP contribution in [0.5, 0.6) is 11.5 Å². The molecule has 1 rings (SSSR count). The molecule has 0 N–H and O–H groups in total. The van der Waals surface area contributed by atoms with E-state index in [0.29, 0.717) is 0 Å². The summed E-state index contributed by atoms with van der Waals surface area (Å²) in [6.07, 6.45) is 0.985. The molecule has 3 heteroatoms. The van der Waals surface area contributed by atoms with E-state index in [0.717, 1.165) is 22.4 Å². The highest BCUT2D eigenvalue weighted by Gasteiger charge is 2.08. The zero-order valence-electron chi connectivity index (χ0n) is 8.06. The molecule has 0 radical (unpaired) electrons. The number of hydrogen-bond donors (Lipinski definition) is 0. The fourth-order valence-corrected chi connectivity index (χ4v) is 1.83. The van der Waals surface area contributed by atoms with Crippen molar-refractivity contribution >= 4 is 15.9 Å². The maximum Gasteiger partial charge on any atom is 0.174 e. The van der Waals surface area contributed by atoms with Crippen molar-refractivity contribution in [1.29, 1.82) is 0 Å². The largest absolute Gasteiger partial charge is 0.493 e. The van der Waals surface area contributed by atoms with Gasteiger partial charge in [0.2, 0.25) is 0 Å². The molecule has 0 fully saturated rings. The van der Waals surface area contributed by atoms with E-state index >= 15 is 0 Å². The van der Waals surface area contributed by atoms with E-state index in [9.17, 15) is 0 Å². The third-order valence-corrected chi connectivity index (χ3v) is 2.49. The number of hydrogen-bond acceptors (Lipinski definition) is 2. The van der Waals surface area contributed by atoms with Crippen LogP contribution in [0.25, 0.3) is 0 Å². The molecule has 2 nitrogen and oxygen atoms in total. The van der Waals surface area contributed by atoms with Gasteiger partial charge < -0.3 is 9.47 Å². The first-order valence-electron chi connectivity index (χ1n) is 4.13. The highest BCUT2D eigenvalue weighted by atomic mass is 79.9. The first-order valence-corrected chi connectivity index (χ1v) is 4.92. The van der Waals surface area contributed by atoms with Gasteiger partial charge in [-0.2, -0.15) is 0 Å². The van der Waals surface area contributed by atoms with E-state index in [1.807, 2.05) is 12.1 Å². The van der Waals surface area contributed by atoms with Crippen molar-refractivity contribution in [3.8, 4) is 11.5 Å². The lowest BCUT2D eigenvalue weighted by Gasteiger charge is -2.10. The van der Waals surface area contributed by atoms with Crippen LogP contribution in [0.1, 0.15) is 12.5 Å². The zero-order valence-corrected chi connectivity index (χ0v) is 9.64. The summed E-state index contributed by atoms with van der Waals surface area (Å²) in [5, 5.41) is 0. The van der Waals surface area contributed by atoms with Crippen LogP contribution in [-0.4, -0.2) is 14.2 Å². The van der Waals surface area contributed by atoms with Crippen LogP contribution in [0.2, 0.25) is 0 Å². The minimum Gasteiger partial charge on any atom is -0.493 e. The van der Waals surface area contributed by atoms with Gasteiger partial charge in [-0.25, -0.2) is 0 Å². The number of aryl methyl sites for hydroxylation is 1. The van der Waals surface area contributed by atoms with Gasteiger partial charge in [-0.1, -0.05) is 6.92 Å². The van der Waals surface area contributed by atoms with Crippen molar-refractivity contribution in [3.63, 3.8) is 0 Å². The third kappa shape index (κ3) is 2.15.